The number of hydrogen-bond acceptors (Lipinski definition) is 5. The van der Waals surface area contributed by atoms with Crippen LogP contribution in [0.4, 0.5) is 5.69 Å². The molecule has 0 aliphatic heterocycles. The van der Waals surface area contributed by atoms with Crippen LogP contribution >= 0.6 is 0 Å². The summed E-state index contributed by atoms with van der Waals surface area (Å²) >= 11 is 0. The first-order valence-electron chi connectivity index (χ1n) is 7.41. The summed E-state index contributed by atoms with van der Waals surface area (Å²) in [5.41, 5.74) is 1.68. The number of phenols is 1. The fraction of sp³-hybridized carbons (Fsp3) is 0.167. The predicted molar refractivity (Wildman–Crippen MR) is 89.8 cm³/mol. The van der Waals surface area contributed by atoms with Crippen molar-refractivity contribution in [3.63, 3.8) is 0 Å². The lowest BCUT2D eigenvalue weighted by Crippen LogP contribution is -2.04. The summed E-state index contributed by atoms with van der Waals surface area (Å²) in [4.78, 5) is 4.15. The van der Waals surface area contributed by atoms with Crippen molar-refractivity contribution in [3.05, 3.63) is 60.3 Å². The number of nitrogens with zero attached hydrogens (tertiary/aromatic N) is 1. The molecule has 2 aromatic carbocycles. The molecule has 5 nitrogen and oxygen atoms in total. The number of anilines is 1. The monoisotopic (exact) mass is 310 g/mol. The van der Waals surface area contributed by atoms with Gasteiger partial charge in [-0.15, -0.1) is 0 Å². The Labute approximate surface area is 134 Å². The first-order valence-corrected chi connectivity index (χ1v) is 7.41. The van der Waals surface area contributed by atoms with Crippen molar-refractivity contribution in [1.29, 1.82) is 0 Å². The summed E-state index contributed by atoms with van der Waals surface area (Å²) in [6.45, 7) is 0.678. The quantitative estimate of drug-likeness (QED) is 0.653. The van der Waals surface area contributed by atoms with E-state index in [1.54, 1.807) is 18.3 Å². The molecular weight excluding hydrogens is 292 g/mol. The summed E-state index contributed by atoms with van der Waals surface area (Å²) in [6.07, 6.45) is 1.66. The van der Waals surface area contributed by atoms with E-state index in [1.807, 2.05) is 36.4 Å². The van der Waals surface area contributed by atoms with Crippen molar-refractivity contribution < 1.29 is 14.9 Å². The van der Waals surface area contributed by atoms with Crippen LogP contribution < -0.4 is 10.1 Å². The number of aliphatic hydroxyl groups excluding tert-OH is 1. The third-order valence-corrected chi connectivity index (χ3v) is 3.56. The van der Waals surface area contributed by atoms with Crippen LogP contribution in [0.1, 0.15) is 5.56 Å². The minimum Gasteiger partial charge on any atom is -0.508 e. The van der Waals surface area contributed by atoms with E-state index in [0.29, 0.717) is 12.4 Å². The Morgan fingerprint density at radius 2 is 1.91 bits per heavy atom. The van der Waals surface area contributed by atoms with Crippen LogP contribution in [0.2, 0.25) is 0 Å². The summed E-state index contributed by atoms with van der Waals surface area (Å²) < 4.78 is 5.22. The second kappa shape index (κ2) is 6.98. The molecule has 0 saturated carbocycles. The largest absolute Gasteiger partial charge is 0.508 e. The second-order valence-corrected chi connectivity index (χ2v) is 5.10. The lowest BCUT2D eigenvalue weighted by molar-refractivity contribution is 0.196. The summed E-state index contributed by atoms with van der Waals surface area (Å²) in [5, 5.41) is 24.2. The standard InChI is InChI=1S/C18H18N2O3/c21-9-10-23-18-8-6-14(11-20-18)19-12-16-15-4-2-1-3-13(15)5-7-17(16)22/h1-8,11,19,21-22H,9-10,12H2. The number of aromatic hydroxyl groups is 1. The molecule has 3 rings (SSSR count). The van der Waals surface area contributed by atoms with E-state index in [2.05, 4.69) is 10.3 Å². The van der Waals surface area contributed by atoms with Crippen LogP contribution in [0.25, 0.3) is 10.8 Å². The van der Waals surface area contributed by atoms with Crippen molar-refractivity contribution in [1.82, 2.24) is 4.98 Å². The van der Waals surface area contributed by atoms with E-state index in [4.69, 9.17) is 9.84 Å². The van der Waals surface area contributed by atoms with Crippen LogP contribution in [-0.4, -0.2) is 28.4 Å². The van der Waals surface area contributed by atoms with Crippen LogP contribution in [-0.2, 0) is 6.54 Å². The molecule has 0 atom stereocenters. The van der Waals surface area contributed by atoms with E-state index in [9.17, 15) is 5.11 Å². The van der Waals surface area contributed by atoms with Gasteiger partial charge in [0.25, 0.3) is 0 Å². The number of ether oxygens (including phenoxy) is 1. The SMILES string of the molecule is OCCOc1ccc(NCc2c(O)ccc3ccccc23)cn1. The molecule has 0 unspecified atom stereocenters. The third-order valence-electron chi connectivity index (χ3n) is 3.56. The lowest BCUT2D eigenvalue weighted by Gasteiger charge is -2.11. The second-order valence-electron chi connectivity index (χ2n) is 5.10. The molecule has 0 amide bonds. The normalized spacial score (nSPS) is 10.7. The number of fused-ring (bicyclic) bond motifs is 1. The molecule has 0 aliphatic rings. The van der Waals surface area contributed by atoms with Crippen LogP contribution in [0.3, 0.4) is 0 Å². The lowest BCUT2D eigenvalue weighted by atomic mass is 10.0. The van der Waals surface area contributed by atoms with Gasteiger partial charge in [-0.1, -0.05) is 30.3 Å². The van der Waals surface area contributed by atoms with Gasteiger partial charge in [0.15, 0.2) is 0 Å². The number of pyridine rings is 1. The fourth-order valence-corrected chi connectivity index (χ4v) is 2.42. The van der Waals surface area contributed by atoms with Gasteiger partial charge < -0.3 is 20.3 Å². The Morgan fingerprint density at radius 3 is 2.70 bits per heavy atom. The predicted octanol–water partition coefficient (Wildman–Crippen LogP) is 2.92. The van der Waals surface area contributed by atoms with E-state index in [-0.39, 0.29) is 19.0 Å². The van der Waals surface area contributed by atoms with Crippen molar-refractivity contribution >= 4 is 16.5 Å². The van der Waals surface area contributed by atoms with Crippen LogP contribution in [0, 0.1) is 0 Å². The number of aliphatic hydroxyl groups is 1. The molecule has 0 radical (unpaired) electrons. The van der Waals surface area contributed by atoms with Crippen LogP contribution in [0.15, 0.2) is 54.7 Å². The van der Waals surface area contributed by atoms with E-state index in [0.717, 1.165) is 22.0 Å². The minimum absolute atomic E-state index is 0.0396. The molecule has 5 heteroatoms. The minimum atomic E-state index is -0.0396. The Bertz CT molecular complexity index is 788. The summed E-state index contributed by atoms with van der Waals surface area (Å²) in [7, 11) is 0. The average molecular weight is 310 g/mol. The Hall–Kier alpha value is -2.79. The van der Waals surface area contributed by atoms with E-state index < -0.39 is 0 Å². The van der Waals surface area contributed by atoms with Crippen molar-refractivity contribution in [2.45, 2.75) is 6.54 Å². The van der Waals surface area contributed by atoms with Gasteiger partial charge >= 0.3 is 0 Å². The molecular formula is C18H18N2O3. The highest BCUT2D eigenvalue weighted by Crippen LogP contribution is 2.27. The van der Waals surface area contributed by atoms with Gasteiger partial charge in [0.05, 0.1) is 18.5 Å². The number of benzene rings is 2. The zero-order valence-corrected chi connectivity index (χ0v) is 12.6. The highest BCUT2D eigenvalue weighted by atomic mass is 16.5. The van der Waals surface area contributed by atoms with Gasteiger partial charge in [-0.3, -0.25) is 0 Å². The molecule has 0 saturated heterocycles. The topological polar surface area (TPSA) is 74.6 Å². The number of aromatic nitrogens is 1. The molecule has 0 bridgehead atoms. The zero-order valence-electron chi connectivity index (χ0n) is 12.6. The summed E-state index contributed by atoms with van der Waals surface area (Å²) in [5.74, 6) is 0.740. The number of hydrogen-bond donors (Lipinski definition) is 3. The first-order chi connectivity index (χ1) is 11.3. The van der Waals surface area contributed by atoms with Gasteiger partial charge in [-0.05, 0) is 22.9 Å². The summed E-state index contributed by atoms with van der Waals surface area (Å²) in [6, 6.07) is 15.2. The smallest absolute Gasteiger partial charge is 0.213 e. The zero-order chi connectivity index (χ0) is 16.1. The highest BCUT2D eigenvalue weighted by Gasteiger charge is 2.06. The molecule has 0 fully saturated rings. The number of phenolic OH excluding ortho intramolecular Hbond substituents is 1. The Balaban J connectivity index is 1.74. The molecule has 23 heavy (non-hydrogen) atoms. The van der Waals surface area contributed by atoms with Crippen molar-refractivity contribution in [2.75, 3.05) is 18.5 Å². The molecule has 1 heterocycles. The Morgan fingerprint density at radius 1 is 1.04 bits per heavy atom. The molecule has 1 aromatic heterocycles. The maximum Gasteiger partial charge on any atom is 0.213 e. The molecule has 0 spiro atoms. The Kier molecular flexibility index (Phi) is 4.59. The molecule has 0 aliphatic carbocycles. The van der Waals surface area contributed by atoms with Gasteiger partial charge in [-0.2, -0.15) is 0 Å². The third kappa shape index (κ3) is 3.52. The molecule has 118 valence electrons. The highest BCUT2D eigenvalue weighted by molar-refractivity contribution is 5.87. The van der Waals surface area contributed by atoms with E-state index in [1.165, 1.54) is 0 Å². The number of rotatable bonds is 6. The molecule has 3 N–H and O–H groups in total. The maximum atomic E-state index is 10.1. The average Bonchev–Trinajstić information content (AvgIpc) is 2.60. The van der Waals surface area contributed by atoms with Gasteiger partial charge in [-0.25, -0.2) is 4.98 Å². The van der Waals surface area contributed by atoms with Gasteiger partial charge in [0.1, 0.15) is 12.4 Å². The number of nitrogens with one attached hydrogen (secondary N) is 1. The van der Waals surface area contributed by atoms with Crippen molar-refractivity contribution in [2.24, 2.45) is 0 Å². The first kappa shape index (κ1) is 15.1. The molecule has 3 aromatic rings. The van der Waals surface area contributed by atoms with Crippen LogP contribution in [0.5, 0.6) is 11.6 Å². The van der Waals surface area contributed by atoms with Gasteiger partial charge in [0.2, 0.25) is 5.88 Å². The van der Waals surface area contributed by atoms with Gasteiger partial charge in [0, 0.05) is 18.2 Å². The van der Waals surface area contributed by atoms with E-state index >= 15 is 0 Å². The fourth-order valence-electron chi connectivity index (χ4n) is 2.42. The van der Waals surface area contributed by atoms with Crippen molar-refractivity contribution in [3.8, 4) is 11.6 Å². The maximum absolute atomic E-state index is 10.1.